The summed E-state index contributed by atoms with van der Waals surface area (Å²) >= 11 is 0. The number of carbonyl (C=O) groups is 1. The molecule has 0 bridgehead atoms. The van der Waals surface area contributed by atoms with Crippen molar-refractivity contribution < 1.29 is 36.9 Å². The number of nitrogens with one attached hydrogen (secondary N) is 2. The van der Waals surface area contributed by atoms with E-state index in [2.05, 4.69) is 25.5 Å². The number of anilines is 2. The molecule has 0 spiro atoms. The van der Waals surface area contributed by atoms with Gasteiger partial charge in [0.05, 0.1) is 37.7 Å². The van der Waals surface area contributed by atoms with Crippen molar-refractivity contribution in [1.29, 1.82) is 0 Å². The third-order valence-electron chi connectivity index (χ3n) is 6.66. The first kappa shape index (κ1) is 26.3. The zero-order valence-corrected chi connectivity index (χ0v) is 20.7. The predicted octanol–water partition coefficient (Wildman–Crippen LogP) is 3.62. The molecule has 10 nitrogen and oxygen atoms in total. The number of aromatic nitrogens is 2. The van der Waals surface area contributed by atoms with E-state index in [0.717, 1.165) is 25.2 Å². The fourth-order valence-electron chi connectivity index (χ4n) is 4.52. The number of hydrogen-bond donors (Lipinski definition) is 2. The summed E-state index contributed by atoms with van der Waals surface area (Å²) in [5, 5.41) is 5.39. The van der Waals surface area contributed by atoms with Crippen molar-refractivity contribution in [2.24, 2.45) is 0 Å². The largest absolute Gasteiger partial charge is 0.483 e. The maximum absolute atomic E-state index is 13.2. The van der Waals surface area contributed by atoms with Gasteiger partial charge in [-0.1, -0.05) is 0 Å². The molecule has 1 saturated carbocycles. The minimum absolute atomic E-state index is 0.0407. The SMILES string of the molecule is O=C(Nc1cc(C(F)(F)F)ccc1OC1COC1)N[C@H]1CC[C@H](Oc2ccnc(N3CCOCC3)n2)CC1. The number of ether oxygens (including phenoxy) is 4. The van der Waals surface area contributed by atoms with Gasteiger partial charge in [0.1, 0.15) is 18.0 Å². The Bertz CT molecular complexity index is 1100. The van der Waals surface area contributed by atoms with Crippen LogP contribution in [0.25, 0.3) is 0 Å². The van der Waals surface area contributed by atoms with Crippen LogP contribution in [0.4, 0.5) is 29.6 Å². The number of alkyl halides is 3. The monoisotopic (exact) mass is 537 g/mol. The second kappa shape index (κ2) is 11.6. The number of urea groups is 1. The Morgan fingerprint density at radius 1 is 1.00 bits per heavy atom. The van der Waals surface area contributed by atoms with Crippen LogP contribution < -0.4 is 25.0 Å². The topological polar surface area (TPSA) is 107 Å². The number of morpholine rings is 1. The number of benzene rings is 1. The Kier molecular flexibility index (Phi) is 8.03. The first-order chi connectivity index (χ1) is 18.3. The van der Waals surface area contributed by atoms with Crippen molar-refractivity contribution in [3.63, 3.8) is 0 Å². The van der Waals surface area contributed by atoms with Crippen molar-refractivity contribution in [3.8, 4) is 11.6 Å². The molecule has 2 N–H and O–H groups in total. The number of amides is 2. The molecule has 1 aromatic heterocycles. The summed E-state index contributed by atoms with van der Waals surface area (Å²) in [4.78, 5) is 23.6. The number of carbonyl (C=O) groups excluding carboxylic acids is 1. The van der Waals surface area contributed by atoms with E-state index in [0.29, 0.717) is 63.9 Å². The molecule has 3 fully saturated rings. The van der Waals surface area contributed by atoms with Gasteiger partial charge in [-0.2, -0.15) is 18.2 Å². The molecule has 2 aromatic rings. The predicted molar refractivity (Wildman–Crippen MR) is 131 cm³/mol. The van der Waals surface area contributed by atoms with Gasteiger partial charge in [0, 0.05) is 31.4 Å². The van der Waals surface area contributed by atoms with Gasteiger partial charge in [-0.25, -0.2) is 9.78 Å². The summed E-state index contributed by atoms with van der Waals surface area (Å²) in [5.74, 6) is 1.28. The molecule has 1 aromatic carbocycles. The van der Waals surface area contributed by atoms with Crippen molar-refractivity contribution in [2.75, 3.05) is 49.7 Å². The quantitative estimate of drug-likeness (QED) is 0.552. The Balaban J connectivity index is 1.13. The van der Waals surface area contributed by atoms with E-state index in [1.165, 1.54) is 6.07 Å². The van der Waals surface area contributed by atoms with Crippen LogP contribution in [-0.2, 0) is 15.7 Å². The zero-order valence-electron chi connectivity index (χ0n) is 20.7. The lowest BCUT2D eigenvalue weighted by molar-refractivity contribution is -0.137. The Morgan fingerprint density at radius 3 is 2.45 bits per heavy atom. The first-order valence-corrected chi connectivity index (χ1v) is 12.7. The molecule has 2 amide bonds. The summed E-state index contributed by atoms with van der Waals surface area (Å²) in [6.07, 6.45) is -0.481. The average molecular weight is 538 g/mol. The molecule has 0 atom stereocenters. The van der Waals surface area contributed by atoms with Gasteiger partial charge in [0.25, 0.3) is 0 Å². The number of rotatable bonds is 7. The standard InChI is InChI=1S/C25H30F3N5O5/c26-25(27,28)16-1-6-21(37-19-14-36-15-19)20(13-16)31-24(34)30-17-2-4-18(5-3-17)38-22-7-8-29-23(32-22)33-9-11-35-12-10-33/h1,6-8,13,17-19H,2-5,9-12,14-15H2,(H2,30,31,34)/t17-,18-. The van der Waals surface area contributed by atoms with Gasteiger partial charge in [-0.15, -0.1) is 0 Å². The molecule has 2 aliphatic heterocycles. The minimum Gasteiger partial charge on any atom is -0.483 e. The third-order valence-corrected chi connectivity index (χ3v) is 6.66. The highest BCUT2D eigenvalue weighted by molar-refractivity contribution is 5.91. The van der Waals surface area contributed by atoms with Crippen LogP contribution >= 0.6 is 0 Å². The van der Waals surface area contributed by atoms with E-state index < -0.39 is 17.8 Å². The van der Waals surface area contributed by atoms with Crippen LogP contribution in [0.5, 0.6) is 11.6 Å². The van der Waals surface area contributed by atoms with E-state index >= 15 is 0 Å². The highest BCUT2D eigenvalue weighted by atomic mass is 19.4. The van der Waals surface area contributed by atoms with Crippen LogP contribution in [0.2, 0.25) is 0 Å². The van der Waals surface area contributed by atoms with Crippen molar-refractivity contribution >= 4 is 17.7 Å². The van der Waals surface area contributed by atoms with Crippen molar-refractivity contribution in [1.82, 2.24) is 15.3 Å². The molecular weight excluding hydrogens is 507 g/mol. The van der Waals surface area contributed by atoms with Gasteiger partial charge in [-0.05, 0) is 43.9 Å². The Labute approximate surface area is 217 Å². The lowest BCUT2D eigenvalue weighted by Crippen LogP contribution is -2.42. The molecule has 0 unspecified atom stereocenters. The normalized spacial score (nSPS) is 22.3. The lowest BCUT2D eigenvalue weighted by Gasteiger charge is -2.30. The highest BCUT2D eigenvalue weighted by Gasteiger charge is 2.32. The molecule has 1 aliphatic carbocycles. The Hall–Kier alpha value is -3.32. The van der Waals surface area contributed by atoms with E-state index in [9.17, 15) is 18.0 Å². The van der Waals surface area contributed by atoms with Crippen molar-refractivity contribution in [2.45, 2.75) is 50.1 Å². The third kappa shape index (κ3) is 6.76. The molecule has 0 radical (unpaired) electrons. The molecule has 13 heteroatoms. The smallest absolute Gasteiger partial charge is 0.416 e. The van der Waals surface area contributed by atoms with Crippen LogP contribution in [0.1, 0.15) is 31.2 Å². The second-order valence-corrected chi connectivity index (χ2v) is 9.47. The van der Waals surface area contributed by atoms with Gasteiger partial charge in [-0.3, -0.25) is 0 Å². The maximum atomic E-state index is 13.2. The fourth-order valence-corrected chi connectivity index (χ4v) is 4.52. The van der Waals surface area contributed by atoms with Gasteiger partial charge >= 0.3 is 12.2 Å². The molecule has 2 saturated heterocycles. The molecule has 38 heavy (non-hydrogen) atoms. The van der Waals surface area contributed by atoms with Crippen molar-refractivity contribution in [3.05, 3.63) is 36.0 Å². The zero-order chi connectivity index (χ0) is 26.5. The fraction of sp³-hybridized carbons (Fsp3) is 0.560. The van der Waals surface area contributed by atoms with Crippen LogP contribution in [0, 0.1) is 0 Å². The summed E-state index contributed by atoms with van der Waals surface area (Å²) in [6.45, 7) is 3.42. The van der Waals surface area contributed by atoms with E-state index in [1.807, 2.05) is 0 Å². The summed E-state index contributed by atoms with van der Waals surface area (Å²) in [6, 6.07) is 4.03. The molecule has 206 valence electrons. The van der Waals surface area contributed by atoms with Crippen LogP contribution in [-0.4, -0.2) is 73.8 Å². The number of halogens is 3. The highest BCUT2D eigenvalue weighted by Crippen LogP contribution is 2.36. The molecular formula is C25H30F3N5O5. The van der Waals surface area contributed by atoms with E-state index in [-0.39, 0.29) is 29.7 Å². The summed E-state index contributed by atoms with van der Waals surface area (Å²) in [7, 11) is 0. The van der Waals surface area contributed by atoms with Gasteiger partial charge < -0.3 is 34.5 Å². The summed E-state index contributed by atoms with van der Waals surface area (Å²) < 4.78 is 61.9. The number of hydrogen-bond acceptors (Lipinski definition) is 8. The summed E-state index contributed by atoms with van der Waals surface area (Å²) in [5.41, 5.74) is -0.912. The maximum Gasteiger partial charge on any atom is 0.416 e. The Morgan fingerprint density at radius 2 is 1.76 bits per heavy atom. The molecule has 5 rings (SSSR count). The lowest BCUT2D eigenvalue weighted by atomic mass is 9.93. The van der Waals surface area contributed by atoms with E-state index in [4.69, 9.17) is 18.9 Å². The van der Waals surface area contributed by atoms with E-state index in [1.54, 1.807) is 12.3 Å². The van der Waals surface area contributed by atoms with Gasteiger partial charge in [0.15, 0.2) is 0 Å². The number of nitrogens with zero attached hydrogens (tertiary/aromatic N) is 3. The minimum atomic E-state index is -4.55. The van der Waals surface area contributed by atoms with Crippen LogP contribution in [0.15, 0.2) is 30.5 Å². The first-order valence-electron chi connectivity index (χ1n) is 12.7. The average Bonchev–Trinajstić information content (AvgIpc) is 2.88. The van der Waals surface area contributed by atoms with Crippen LogP contribution in [0.3, 0.4) is 0 Å². The van der Waals surface area contributed by atoms with Gasteiger partial charge in [0.2, 0.25) is 11.8 Å². The molecule has 3 heterocycles. The molecule has 3 aliphatic rings. The second-order valence-electron chi connectivity index (χ2n) is 9.47.